The molecule has 170 valence electrons. The minimum Gasteiger partial charge on any atom is -0.435 e. The lowest BCUT2D eigenvalue weighted by atomic mass is 9.71. The van der Waals surface area contributed by atoms with Gasteiger partial charge in [-0.1, -0.05) is 17.7 Å². The maximum absolute atomic E-state index is 13.1. The number of ether oxygens (including phenoxy) is 3. The number of ketones is 1. The Morgan fingerprint density at radius 2 is 1.87 bits per heavy atom. The summed E-state index contributed by atoms with van der Waals surface area (Å²) in [6, 6.07) is 0. The highest BCUT2D eigenvalue weighted by atomic mass is 16.7. The van der Waals surface area contributed by atoms with E-state index in [0.717, 1.165) is 17.4 Å². The number of esters is 2. The third kappa shape index (κ3) is 7.28. The molecule has 1 unspecified atom stereocenters. The Hall–Kier alpha value is -2.54. The lowest BCUT2D eigenvalue weighted by Gasteiger charge is -2.42. The first-order valence-electron chi connectivity index (χ1n) is 10.7. The van der Waals surface area contributed by atoms with Gasteiger partial charge in [0, 0.05) is 32.1 Å². The number of carbonyl (C=O) groups is 4. The fourth-order valence-electron chi connectivity index (χ4n) is 4.15. The van der Waals surface area contributed by atoms with Crippen LogP contribution < -0.4 is 0 Å². The van der Waals surface area contributed by atoms with E-state index in [1.54, 1.807) is 0 Å². The first-order chi connectivity index (χ1) is 14.7. The van der Waals surface area contributed by atoms with Crippen molar-refractivity contribution in [1.82, 2.24) is 0 Å². The molecule has 2 rings (SSSR count). The first kappa shape index (κ1) is 24.7. The summed E-state index contributed by atoms with van der Waals surface area (Å²) in [7, 11) is 0. The average molecular weight is 433 g/mol. The van der Waals surface area contributed by atoms with Crippen LogP contribution in [0.5, 0.6) is 0 Å². The predicted octanol–water partition coefficient (Wildman–Crippen LogP) is 3.83. The van der Waals surface area contributed by atoms with Gasteiger partial charge < -0.3 is 14.2 Å². The molecular formula is C24H32O7. The quantitative estimate of drug-likeness (QED) is 0.272. The van der Waals surface area contributed by atoms with Gasteiger partial charge in [0.25, 0.3) is 0 Å². The van der Waals surface area contributed by atoms with Crippen LogP contribution in [0.15, 0.2) is 35.1 Å². The number of hydrogen-bond donors (Lipinski definition) is 0. The van der Waals surface area contributed by atoms with Crippen LogP contribution in [-0.2, 0) is 33.4 Å². The van der Waals surface area contributed by atoms with Crippen molar-refractivity contribution >= 4 is 24.0 Å². The lowest BCUT2D eigenvalue weighted by molar-refractivity contribution is -0.214. The van der Waals surface area contributed by atoms with E-state index in [-0.39, 0.29) is 24.7 Å². The highest BCUT2D eigenvalue weighted by molar-refractivity contribution is 5.83. The molecule has 31 heavy (non-hydrogen) atoms. The van der Waals surface area contributed by atoms with E-state index >= 15 is 0 Å². The van der Waals surface area contributed by atoms with Gasteiger partial charge in [0.2, 0.25) is 6.29 Å². The van der Waals surface area contributed by atoms with Crippen LogP contribution in [0.4, 0.5) is 0 Å². The minimum atomic E-state index is -0.886. The molecule has 7 heteroatoms. The number of aldehydes is 1. The fraction of sp³-hybridized carbons (Fsp3) is 0.583. The van der Waals surface area contributed by atoms with Gasteiger partial charge >= 0.3 is 11.9 Å². The number of rotatable bonds is 6. The van der Waals surface area contributed by atoms with Crippen molar-refractivity contribution in [3.8, 4) is 0 Å². The highest BCUT2D eigenvalue weighted by Gasteiger charge is 2.46. The molecule has 0 aromatic carbocycles. The van der Waals surface area contributed by atoms with Crippen LogP contribution in [0.3, 0.4) is 0 Å². The van der Waals surface area contributed by atoms with Gasteiger partial charge in [-0.25, -0.2) is 0 Å². The highest BCUT2D eigenvalue weighted by Crippen LogP contribution is 2.43. The van der Waals surface area contributed by atoms with E-state index in [0.29, 0.717) is 31.3 Å². The summed E-state index contributed by atoms with van der Waals surface area (Å²) in [5.41, 5.74) is 2.47. The standard InChI is InChI=1S/C24H32O7/c1-15(2)8-11-22(28)21-14-30-24(31-17(4)27)23-19(13-29-16(3)26)7-5-6-18(12-25)9-10-20(21)23/h8-9,12-13,20-21,23-24H,5-7,10-11,14H2,1-4H3/b18-9+,19-13+/t20-,21?,23+,24-/m1/s1. The van der Waals surface area contributed by atoms with Crippen LogP contribution >= 0.6 is 0 Å². The molecule has 0 spiro atoms. The summed E-state index contributed by atoms with van der Waals surface area (Å²) in [6.07, 6.45) is 7.61. The molecule has 0 saturated carbocycles. The molecule has 4 atom stereocenters. The van der Waals surface area contributed by atoms with Crippen LogP contribution in [0, 0.1) is 17.8 Å². The summed E-state index contributed by atoms with van der Waals surface area (Å²) in [5.74, 6) is -2.08. The largest absolute Gasteiger partial charge is 0.435 e. The maximum atomic E-state index is 13.1. The van der Waals surface area contributed by atoms with Gasteiger partial charge in [-0.05, 0) is 56.6 Å². The Bertz CT molecular complexity index is 786. The number of fused-ring (bicyclic) bond motifs is 1. The van der Waals surface area contributed by atoms with Crippen LogP contribution in [0.2, 0.25) is 0 Å². The summed E-state index contributed by atoms with van der Waals surface area (Å²) in [6.45, 7) is 6.61. The number of allylic oxidation sites excluding steroid dienone is 4. The van der Waals surface area contributed by atoms with Crippen molar-refractivity contribution in [3.63, 3.8) is 0 Å². The molecule has 0 radical (unpaired) electrons. The van der Waals surface area contributed by atoms with Crippen molar-refractivity contribution in [1.29, 1.82) is 0 Å². The molecule has 7 nitrogen and oxygen atoms in total. The smallest absolute Gasteiger partial charge is 0.307 e. The molecule has 2 aliphatic rings. The Morgan fingerprint density at radius 1 is 1.13 bits per heavy atom. The molecular weight excluding hydrogens is 400 g/mol. The predicted molar refractivity (Wildman–Crippen MR) is 113 cm³/mol. The van der Waals surface area contributed by atoms with Gasteiger partial charge in [0.1, 0.15) is 12.1 Å². The van der Waals surface area contributed by atoms with Crippen molar-refractivity contribution in [2.24, 2.45) is 17.8 Å². The SMILES string of the molecule is CC(=O)O/C=C1\CCC/C(C=O)=C\C[C@@H]2C(C(=O)CC=C(C)C)CO[C@H](OC(C)=O)[C@@H]12. The average Bonchev–Trinajstić information content (AvgIpc) is 2.79. The third-order valence-electron chi connectivity index (χ3n) is 5.66. The normalized spacial score (nSPS) is 29.2. The first-order valence-corrected chi connectivity index (χ1v) is 10.7. The fourth-order valence-corrected chi connectivity index (χ4v) is 4.15. The topological polar surface area (TPSA) is 96.0 Å². The number of Topliss-reactive ketones (excluding diaryl/α,β-unsaturated/α-hetero) is 1. The minimum absolute atomic E-state index is 0.0320. The van der Waals surface area contributed by atoms with E-state index in [9.17, 15) is 19.2 Å². The zero-order chi connectivity index (χ0) is 23.0. The van der Waals surface area contributed by atoms with Gasteiger partial charge in [-0.2, -0.15) is 0 Å². The molecule has 1 saturated heterocycles. The Balaban J connectivity index is 2.50. The van der Waals surface area contributed by atoms with Crippen molar-refractivity contribution in [2.45, 2.75) is 66.1 Å². The van der Waals surface area contributed by atoms with Crippen LogP contribution in [0.1, 0.15) is 59.8 Å². The summed E-state index contributed by atoms with van der Waals surface area (Å²) >= 11 is 0. The third-order valence-corrected chi connectivity index (χ3v) is 5.66. The molecule has 0 amide bonds. The molecule has 1 aliphatic carbocycles. The monoisotopic (exact) mass is 432 g/mol. The number of carbonyl (C=O) groups excluding carboxylic acids is 4. The zero-order valence-electron chi connectivity index (χ0n) is 18.7. The van der Waals surface area contributed by atoms with Crippen molar-refractivity contribution in [2.75, 3.05) is 6.61 Å². The van der Waals surface area contributed by atoms with Crippen LogP contribution in [-0.4, -0.2) is 36.9 Å². The summed E-state index contributed by atoms with van der Waals surface area (Å²) in [4.78, 5) is 47.7. The van der Waals surface area contributed by atoms with Gasteiger partial charge in [-0.3, -0.25) is 19.2 Å². The molecule has 1 heterocycles. The molecule has 0 aromatic heterocycles. The molecule has 0 N–H and O–H groups in total. The molecule has 1 fully saturated rings. The van der Waals surface area contributed by atoms with E-state index < -0.39 is 30.1 Å². The summed E-state index contributed by atoms with van der Waals surface area (Å²) in [5, 5.41) is 0. The Morgan fingerprint density at radius 3 is 2.48 bits per heavy atom. The van der Waals surface area contributed by atoms with E-state index in [1.165, 1.54) is 20.1 Å². The van der Waals surface area contributed by atoms with E-state index in [1.807, 2.05) is 26.0 Å². The van der Waals surface area contributed by atoms with E-state index in [2.05, 4.69) is 0 Å². The van der Waals surface area contributed by atoms with Crippen molar-refractivity contribution < 1.29 is 33.4 Å². The van der Waals surface area contributed by atoms with Crippen LogP contribution in [0.25, 0.3) is 0 Å². The second-order valence-electron chi connectivity index (χ2n) is 8.35. The molecule has 0 bridgehead atoms. The number of hydrogen-bond acceptors (Lipinski definition) is 7. The Labute approximate surface area is 183 Å². The van der Waals surface area contributed by atoms with Gasteiger partial charge in [0.15, 0.2) is 0 Å². The van der Waals surface area contributed by atoms with Crippen molar-refractivity contribution in [3.05, 3.63) is 35.1 Å². The lowest BCUT2D eigenvalue weighted by Crippen LogP contribution is -2.47. The summed E-state index contributed by atoms with van der Waals surface area (Å²) < 4.78 is 16.5. The Kier molecular flexibility index (Phi) is 9.37. The second-order valence-corrected chi connectivity index (χ2v) is 8.35. The maximum Gasteiger partial charge on any atom is 0.307 e. The van der Waals surface area contributed by atoms with E-state index in [4.69, 9.17) is 14.2 Å². The van der Waals surface area contributed by atoms with Gasteiger partial charge in [-0.15, -0.1) is 0 Å². The zero-order valence-corrected chi connectivity index (χ0v) is 18.7. The molecule has 1 aliphatic heterocycles. The second kappa shape index (κ2) is 11.7. The van der Waals surface area contributed by atoms with Gasteiger partial charge in [0.05, 0.1) is 12.9 Å². The molecule has 0 aromatic rings.